The number of piperidine rings is 1. The minimum absolute atomic E-state index is 0. The highest BCUT2D eigenvalue weighted by Crippen LogP contribution is 2.34. The fourth-order valence-electron chi connectivity index (χ4n) is 2.96. The lowest BCUT2D eigenvalue weighted by molar-refractivity contribution is -0.138. The van der Waals surface area contributed by atoms with Gasteiger partial charge in [0.2, 0.25) is 0 Å². The van der Waals surface area contributed by atoms with E-state index in [0.29, 0.717) is 12.6 Å². The smallest absolute Gasteiger partial charge is 0.330 e. The molecule has 0 amide bonds. The van der Waals surface area contributed by atoms with Crippen LogP contribution in [-0.4, -0.2) is 24.0 Å². The molecule has 1 unspecified atom stereocenters. The molecular formula is C15H21ClF4N2. The first-order chi connectivity index (χ1) is 9.91. The van der Waals surface area contributed by atoms with Crippen molar-refractivity contribution in [2.24, 2.45) is 5.73 Å². The standard InChI is InChI=1S/C15H20F4N2.ClH/c16-12-5-4-11(14(9-12)15(17,18)19)10-21-8-2-1-3-13(21)6-7-20;/h4-5,9,13H,1-3,6-8,10,20H2;1H. The number of benzene rings is 1. The molecule has 0 bridgehead atoms. The van der Waals surface area contributed by atoms with Crippen molar-refractivity contribution < 1.29 is 17.6 Å². The van der Waals surface area contributed by atoms with Crippen LogP contribution in [0.4, 0.5) is 17.6 Å². The first-order valence-electron chi connectivity index (χ1n) is 7.21. The lowest BCUT2D eigenvalue weighted by Gasteiger charge is -2.36. The molecule has 0 radical (unpaired) electrons. The van der Waals surface area contributed by atoms with Crippen molar-refractivity contribution in [2.75, 3.05) is 13.1 Å². The van der Waals surface area contributed by atoms with Gasteiger partial charge in [-0.25, -0.2) is 4.39 Å². The molecule has 7 heteroatoms. The molecule has 126 valence electrons. The molecule has 1 aliphatic heterocycles. The summed E-state index contributed by atoms with van der Waals surface area (Å²) >= 11 is 0. The summed E-state index contributed by atoms with van der Waals surface area (Å²) in [7, 11) is 0. The monoisotopic (exact) mass is 340 g/mol. The van der Waals surface area contributed by atoms with E-state index in [1.54, 1.807) is 0 Å². The van der Waals surface area contributed by atoms with Gasteiger partial charge in [-0.2, -0.15) is 13.2 Å². The fourth-order valence-corrected chi connectivity index (χ4v) is 2.96. The van der Waals surface area contributed by atoms with E-state index in [2.05, 4.69) is 0 Å². The topological polar surface area (TPSA) is 29.3 Å². The molecule has 0 saturated carbocycles. The first kappa shape index (κ1) is 19.2. The van der Waals surface area contributed by atoms with Crippen LogP contribution in [0.25, 0.3) is 0 Å². The van der Waals surface area contributed by atoms with Gasteiger partial charge in [0.1, 0.15) is 5.82 Å². The van der Waals surface area contributed by atoms with Crippen molar-refractivity contribution in [3.05, 3.63) is 35.1 Å². The van der Waals surface area contributed by atoms with E-state index in [-0.39, 0.29) is 30.6 Å². The van der Waals surface area contributed by atoms with Crippen LogP contribution in [0.3, 0.4) is 0 Å². The number of nitrogens with zero attached hydrogens (tertiary/aromatic N) is 1. The predicted molar refractivity (Wildman–Crippen MR) is 80.4 cm³/mol. The minimum atomic E-state index is -4.53. The molecule has 1 aliphatic rings. The molecule has 2 nitrogen and oxygen atoms in total. The number of rotatable bonds is 4. The van der Waals surface area contributed by atoms with Gasteiger partial charge in [0.25, 0.3) is 0 Å². The summed E-state index contributed by atoms with van der Waals surface area (Å²) in [5, 5.41) is 0. The lowest BCUT2D eigenvalue weighted by Crippen LogP contribution is -2.40. The molecule has 1 aromatic carbocycles. The van der Waals surface area contributed by atoms with Gasteiger partial charge >= 0.3 is 6.18 Å². The van der Waals surface area contributed by atoms with Gasteiger partial charge in [-0.1, -0.05) is 12.5 Å². The van der Waals surface area contributed by atoms with Gasteiger partial charge < -0.3 is 5.73 Å². The van der Waals surface area contributed by atoms with E-state index in [1.165, 1.54) is 6.07 Å². The first-order valence-corrected chi connectivity index (χ1v) is 7.21. The highest BCUT2D eigenvalue weighted by molar-refractivity contribution is 5.85. The second-order valence-electron chi connectivity index (χ2n) is 5.50. The zero-order chi connectivity index (χ0) is 15.5. The van der Waals surface area contributed by atoms with Crippen LogP contribution < -0.4 is 5.73 Å². The van der Waals surface area contributed by atoms with Gasteiger partial charge in [0.05, 0.1) is 5.56 Å². The van der Waals surface area contributed by atoms with E-state index >= 15 is 0 Å². The van der Waals surface area contributed by atoms with E-state index in [9.17, 15) is 17.6 Å². The Morgan fingerprint density at radius 2 is 1.95 bits per heavy atom. The quantitative estimate of drug-likeness (QED) is 0.840. The summed E-state index contributed by atoms with van der Waals surface area (Å²) in [5.41, 5.74) is 4.83. The summed E-state index contributed by atoms with van der Waals surface area (Å²) in [5.74, 6) is -0.858. The zero-order valence-electron chi connectivity index (χ0n) is 12.2. The molecule has 1 saturated heterocycles. The Labute approximate surface area is 134 Å². The van der Waals surface area contributed by atoms with Crippen LogP contribution in [0, 0.1) is 5.82 Å². The maximum atomic E-state index is 13.1. The van der Waals surface area contributed by atoms with E-state index in [1.807, 2.05) is 4.90 Å². The van der Waals surface area contributed by atoms with Crippen LogP contribution in [0.1, 0.15) is 36.8 Å². The molecule has 2 rings (SSSR count). The number of halogens is 5. The summed E-state index contributed by atoms with van der Waals surface area (Å²) in [4.78, 5) is 2.04. The van der Waals surface area contributed by atoms with Crippen LogP contribution in [0.5, 0.6) is 0 Å². The molecule has 22 heavy (non-hydrogen) atoms. The second-order valence-corrected chi connectivity index (χ2v) is 5.50. The van der Waals surface area contributed by atoms with Crippen molar-refractivity contribution in [1.82, 2.24) is 4.90 Å². The Balaban J connectivity index is 0.00000242. The summed E-state index contributed by atoms with van der Waals surface area (Å²) < 4.78 is 52.2. The maximum Gasteiger partial charge on any atom is 0.416 e. The average Bonchev–Trinajstić information content (AvgIpc) is 2.42. The summed E-state index contributed by atoms with van der Waals surface area (Å²) in [6, 6.07) is 3.13. The summed E-state index contributed by atoms with van der Waals surface area (Å²) in [6.07, 6.45) is -0.737. The van der Waals surface area contributed by atoms with E-state index in [4.69, 9.17) is 5.73 Å². The second kappa shape index (κ2) is 8.13. The van der Waals surface area contributed by atoms with Crippen molar-refractivity contribution in [3.63, 3.8) is 0 Å². The molecule has 1 atom stereocenters. The van der Waals surface area contributed by atoms with Crippen molar-refractivity contribution in [2.45, 2.75) is 44.4 Å². The number of likely N-dealkylation sites (tertiary alicyclic amines) is 1. The average molecular weight is 341 g/mol. The maximum absolute atomic E-state index is 13.1. The Hall–Kier alpha value is -0.850. The number of hydrogen-bond donors (Lipinski definition) is 1. The highest BCUT2D eigenvalue weighted by Gasteiger charge is 2.34. The SMILES string of the molecule is Cl.NCCC1CCCCN1Cc1ccc(F)cc1C(F)(F)F. The van der Waals surface area contributed by atoms with Gasteiger partial charge in [0, 0.05) is 12.6 Å². The molecular weight excluding hydrogens is 320 g/mol. The highest BCUT2D eigenvalue weighted by atomic mass is 35.5. The van der Waals surface area contributed by atoms with E-state index < -0.39 is 17.6 Å². The summed E-state index contributed by atoms with van der Waals surface area (Å²) in [6.45, 7) is 1.48. The minimum Gasteiger partial charge on any atom is -0.330 e. The van der Waals surface area contributed by atoms with Crippen molar-refractivity contribution in [3.8, 4) is 0 Å². The van der Waals surface area contributed by atoms with Crippen LogP contribution >= 0.6 is 12.4 Å². The Morgan fingerprint density at radius 1 is 1.23 bits per heavy atom. The number of nitrogens with two attached hydrogens (primary N) is 1. The molecule has 1 aromatic rings. The Morgan fingerprint density at radius 3 is 2.59 bits per heavy atom. The molecule has 2 N–H and O–H groups in total. The normalized spacial score (nSPS) is 19.8. The van der Waals surface area contributed by atoms with Crippen molar-refractivity contribution in [1.29, 1.82) is 0 Å². The number of alkyl halides is 3. The Kier molecular flexibility index (Phi) is 7.09. The van der Waals surface area contributed by atoms with Crippen LogP contribution in [0.15, 0.2) is 18.2 Å². The van der Waals surface area contributed by atoms with Crippen molar-refractivity contribution >= 4 is 12.4 Å². The Bertz CT molecular complexity index is 477. The van der Waals surface area contributed by atoms with Crippen LogP contribution in [0.2, 0.25) is 0 Å². The van der Waals surface area contributed by atoms with Gasteiger partial charge in [-0.05, 0) is 50.0 Å². The molecule has 1 heterocycles. The third-order valence-corrected chi connectivity index (χ3v) is 4.00. The third kappa shape index (κ3) is 4.83. The van der Waals surface area contributed by atoms with Gasteiger partial charge in [-0.15, -0.1) is 12.4 Å². The third-order valence-electron chi connectivity index (χ3n) is 4.00. The van der Waals surface area contributed by atoms with Gasteiger partial charge in [-0.3, -0.25) is 4.90 Å². The van der Waals surface area contributed by atoms with Crippen LogP contribution in [-0.2, 0) is 12.7 Å². The fraction of sp³-hybridized carbons (Fsp3) is 0.600. The number of hydrogen-bond acceptors (Lipinski definition) is 2. The molecule has 1 fully saturated rings. The van der Waals surface area contributed by atoms with E-state index in [0.717, 1.165) is 38.3 Å². The zero-order valence-corrected chi connectivity index (χ0v) is 13.0. The largest absolute Gasteiger partial charge is 0.416 e. The predicted octanol–water partition coefficient (Wildman–Crippen LogP) is 3.97. The molecule has 0 spiro atoms. The molecule has 0 aromatic heterocycles. The molecule has 0 aliphatic carbocycles. The van der Waals surface area contributed by atoms with Gasteiger partial charge in [0.15, 0.2) is 0 Å². The lowest BCUT2D eigenvalue weighted by atomic mass is 9.97.